The monoisotopic (exact) mass is 301 g/mol. The highest BCUT2D eigenvalue weighted by molar-refractivity contribution is 6.00. The van der Waals surface area contributed by atoms with Gasteiger partial charge in [-0.2, -0.15) is 0 Å². The van der Waals surface area contributed by atoms with Gasteiger partial charge in [-0.15, -0.1) is 0 Å². The molecule has 1 fully saturated rings. The summed E-state index contributed by atoms with van der Waals surface area (Å²) in [6.45, 7) is 5.62. The molecule has 22 heavy (non-hydrogen) atoms. The molecule has 6 heteroatoms. The van der Waals surface area contributed by atoms with Crippen molar-refractivity contribution in [1.82, 2.24) is 15.4 Å². The van der Waals surface area contributed by atoms with Crippen LogP contribution in [0.3, 0.4) is 0 Å². The summed E-state index contributed by atoms with van der Waals surface area (Å²) in [6.07, 6.45) is 3.76. The molecule has 0 aromatic carbocycles. The van der Waals surface area contributed by atoms with E-state index in [1.165, 1.54) is 6.26 Å². The summed E-state index contributed by atoms with van der Waals surface area (Å²) in [7, 11) is 0. The minimum Gasteiger partial charge on any atom is -0.469 e. The molecule has 0 unspecified atom stereocenters. The third-order valence-electron chi connectivity index (χ3n) is 4.03. The molecule has 6 nitrogen and oxygen atoms in total. The average Bonchev–Trinajstić information content (AvgIpc) is 3.14. The van der Waals surface area contributed by atoms with Crippen molar-refractivity contribution in [2.75, 3.05) is 0 Å². The SMILES string of the molecule is Cc1occc1C(=O)NNC(=O)c1cc(C)n(C2CC2)c1C. The molecule has 2 amide bonds. The van der Waals surface area contributed by atoms with E-state index in [1.54, 1.807) is 13.0 Å². The molecule has 3 rings (SSSR count). The number of carbonyl (C=O) groups is 2. The molecule has 2 N–H and O–H groups in total. The minimum atomic E-state index is -0.393. The number of nitrogens with zero attached hydrogens (tertiary/aromatic N) is 1. The van der Waals surface area contributed by atoms with Gasteiger partial charge >= 0.3 is 0 Å². The van der Waals surface area contributed by atoms with Crippen LogP contribution in [-0.4, -0.2) is 16.4 Å². The predicted molar refractivity (Wildman–Crippen MR) is 80.6 cm³/mol. The van der Waals surface area contributed by atoms with E-state index in [0.29, 0.717) is 22.9 Å². The van der Waals surface area contributed by atoms with Crippen LogP contribution in [0.2, 0.25) is 0 Å². The maximum Gasteiger partial charge on any atom is 0.273 e. The maximum atomic E-state index is 12.3. The fourth-order valence-corrected chi connectivity index (χ4v) is 2.77. The fourth-order valence-electron chi connectivity index (χ4n) is 2.77. The summed E-state index contributed by atoms with van der Waals surface area (Å²) in [5.74, 6) is -0.191. The Labute approximate surface area is 128 Å². The smallest absolute Gasteiger partial charge is 0.273 e. The molecule has 1 saturated carbocycles. The van der Waals surface area contributed by atoms with Crippen LogP contribution in [0.1, 0.15) is 56.7 Å². The molecule has 2 aromatic heterocycles. The molecule has 2 aromatic rings. The van der Waals surface area contributed by atoms with Gasteiger partial charge in [-0.05, 0) is 45.7 Å². The van der Waals surface area contributed by atoms with Crippen LogP contribution in [0.15, 0.2) is 22.8 Å². The van der Waals surface area contributed by atoms with Gasteiger partial charge < -0.3 is 8.98 Å². The number of rotatable bonds is 3. The lowest BCUT2D eigenvalue weighted by Gasteiger charge is -2.09. The molecule has 1 aliphatic rings. The number of nitrogens with one attached hydrogen (secondary N) is 2. The van der Waals surface area contributed by atoms with Gasteiger partial charge in [0, 0.05) is 17.4 Å². The van der Waals surface area contributed by atoms with Crippen molar-refractivity contribution in [3.63, 3.8) is 0 Å². The van der Waals surface area contributed by atoms with E-state index in [9.17, 15) is 9.59 Å². The average molecular weight is 301 g/mol. The first kappa shape index (κ1) is 14.4. The predicted octanol–water partition coefficient (Wildman–Crippen LogP) is 2.42. The number of amides is 2. The lowest BCUT2D eigenvalue weighted by molar-refractivity contribution is 0.0845. The van der Waals surface area contributed by atoms with Gasteiger partial charge in [0.1, 0.15) is 5.76 Å². The highest BCUT2D eigenvalue weighted by atomic mass is 16.3. The number of hydrogen-bond acceptors (Lipinski definition) is 3. The molecule has 0 atom stereocenters. The van der Waals surface area contributed by atoms with Gasteiger partial charge in [-0.25, -0.2) is 0 Å². The zero-order chi connectivity index (χ0) is 15.9. The van der Waals surface area contributed by atoms with Gasteiger partial charge in [0.2, 0.25) is 0 Å². The summed E-state index contributed by atoms with van der Waals surface area (Å²) in [5.41, 5.74) is 7.88. The number of furan rings is 1. The Hall–Kier alpha value is -2.50. The van der Waals surface area contributed by atoms with E-state index >= 15 is 0 Å². The topological polar surface area (TPSA) is 76.3 Å². The van der Waals surface area contributed by atoms with Crippen molar-refractivity contribution in [2.24, 2.45) is 0 Å². The second kappa shape index (κ2) is 5.36. The lowest BCUT2D eigenvalue weighted by atomic mass is 10.2. The third-order valence-corrected chi connectivity index (χ3v) is 4.03. The van der Waals surface area contributed by atoms with Crippen LogP contribution in [0, 0.1) is 20.8 Å². The molecule has 1 aliphatic carbocycles. The summed E-state index contributed by atoms with van der Waals surface area (Å²) in [4.78, 5) is 24.2. The van der Waals surface area contributed by atoms with Gasteiger partial charge in [0.05, 0.1) is 17.4 Å². The molecule has 2 heterocycles. The van der Waals surface area contributed by atoms with E-state index in [-0.39, 0.29) is 5.91 Å². The fraction of sp³-hybridized carbons (Fsp3) is 0.375. The Kier molecular flexibility index (Phi) is 3.52. The van der Waals surface area contributed by atoms with E-state index in [1.807, 2.05) is 19.9 Å². The Morgan fingerprint density at radius 3 is 2.32 bits per heavy atom. The third kappa shape index (κ3) is 2.52. The number of hydrogen-bond donors (Lipinski definition) is 2. The van der Waals surface area contributed by atoms with Gasteiger partial charge in [0.15, 0.2) is 0 Å². The standard InChI is InChI=1S/C16H19N3O3/c1-9-8-14(10(2)19(9)12-4-5-12)16(21)18-17-15(20)13-6-7-22-11(13)3/h6-8,12H,4-5H2,1-3H3,(H,17,20)(H,18,21). The zero-order valence-electron chi connectivity index (χ0n) is 12.9. The van der Waals surface area contributed by atoms with Gasteiger partial charge in [-0.3, -0.25) is 20.4 Å². The molecule has 0 bridgehead atoms. The highest BCUT2D eigenvalue weighted by Crippen LogP contribution is 2.38. The first-order chi connectivity index (χ1) is 10.5. The maximum absolute atomic E-state index is 12.3. The van der Waals surface area contributed by atoms with Crippen LogP contribution >= 0.6 is 0 Å². The van der Waals surface area contributed by atoms with Crippen molar-refractivity contribution in [1.29, 1.82) is 0 Å². The quantitative estimate of drug-likeness (QED) is 0.855. The number of aryl methyl sites for hydroxylation is 2. The van der Waals surface area contributed by atoms with Crippen LogP contribution < -0.4 is 10.9 Å². The lowest BCUT2D eigenvalue weighted by Crippen LogP contribution is -2.41. The number of hydrazine groups is 1. The molecule has 116 valence electrons. The summed E-state index contributed by atoms with van der Waals surface area (Å²) in [5, 5.41) is 0. The summed E-state index contributed by atoms with van der Waals surface area (Å²) >= 11 is 0. The molecular formula is C16H19N3O3. The Morgan fingerprint density at radius 2 is 1.77 bits per heavy atom. The first-order valence-corrected chi connectivity index (χ1v) is 7.32. The second-order valence-electron chi connectivity index (χ2n) is 5.68. The van der Waals surface area contributed by atoms with Crippen molar-refractivity contribution < 1.29 is 14.0 Å². The van der Waals surface area contributed by atoms with E-state index in [0.717, 1.165) is 24.2 Å². The second-order valence-corrected chi connectivity index (χ2v) is 5.68. The Balaban J connectivity index is 1.69. The highest BCUT2D eigenvalue weighted by Gasteiger charge is 2.28. The molecular weight excluding hydrogens is 282 g/mol. The van der Waals surface area contributed by atoms with Gasteiger partial charge in [-0.1, -0.05) is 0 Å². The molecule has 0 radical (unpaired) electrons. The van der Waals surface area contributed by atoms with E-state index < -0.39 is 5.91 Å². The minimum absolute atomic E-state index is 0.311. The van der Waals surface area contributed by atoms with Crippen LogP contribution in [0.25, 0.3) is 0 Å². The van der Waals surface area contributed by atoms with Crippen LogP contribution in [-0.2, 0) is 0 Å². The molecule has 0 saturated heterocycles. The van der Waals surface area contributed by atoms with E-state index in [2.05, 4.69) is 15.4 Å². The van der Waals surface area contributed by atoms with Crippen LogP contribution in [0.4, 0.5) is 0 Å². The number of carbonyl (C=O) groups excluding carboxylic acids is 2. The zero-order valence-corrected chi connectivity index (χ0v) is 12.9. The van der Waals surface area contributed by atoms with Crippen molar-refractivity contribution in [3.05, 3.63) is 46.7 Å². The Morgan fingerprint density at radius 1 is 1.14 bits per heavy atom. The van der Waals surface area contributed by atoms with Gasteiger partial charge in [0.25, 0.3) is 11.8 Å². The van der Waals surface area contributed by atoms with Crippen LogP contribution in [0.5, 0.6) is 0 Å². The normalized spacial score (nSPS) is 14.0. The van der Waals surface area contributed by atoms with Crippen molar-refractivity contribution >= 4 is 11.8 Å². The summed E-state index contributed by atoms with van der Waals surface area (Å²) < 4.78 is 7.26. The number of aromatic nitrogens is 1. The van der Waals surface area contributed by atoms with E-state index in [4.69, 9.17) is 4.42 Å². The largest absolute Gasteiger partial charge is 0.469 e. The summed E-state index contributed by atoms with van der Waals surface area (Å²) in [6, 6.07) is 3.94. The van der Waals surface area contributed by atoms with Crippen molar-refractivity contribution in [2.45, 2.75) is 39.7 Å². The van der Waals surface area contributed by atoms with Crippen molar-refractivity contribution in [3.8, 4) is 0 Å². The molecule has 0 spiro atoms. The molecule has 0 aliphatic heterocycles. The first-order valence-electron chi connectivity index (χ1n) is 7.32. The Bertz CT molecular complexity index is 738.